The van der Waals surface area contributed by atoms with Crippen molar-refractivity contribution >= 4 is 33.4 Å². The molecule has 0 radical (unpaired) electrons. The summed E-state index contributed by atoms with van der Waals surface area (Å²) in [6, 6.07) is 11.8. The Bertz CT molecular complexity index is 1540. The van der Waals surface area contributed by atoms with E-state index in [0.717, 1.165) is 17.8 Å². The molecular formula is C26H24FN7O2. The number of carbonyl (C=O) groups excluding carboxylic acids is 1. The summed E-state index contributed by atoms with van der Waals surface area (Å²) in [4.78, 5) is 40.3. The first-order valence-electron chi connectivity index (χ1n) is 11.6. The maximum Gasteiger partial charge on any atom is 0.269 e. The monoisotopic (exact) mass is 485 g/mol. The summed E-state index contributed by atoms with van der Waals surface area (Å²) in [5.74, 6) is -0.710. The number of carbonyl (C=O) groups is 1. The molecule has 2 N–H and O–H groups in total. The quantitative estimate of drug-likeness (QED) is 0.417. The summed E-state index contributed by atoms with van der Waals surface area (Å²) in [6.45, 7) is 2.72. The van der Waals surface area contributed by atoms with E-state index in [-0.39, 0.29) is 22.9 Å². The summed E-state index contributed by atoms with van der Waals surface area (Å²) in [6.07, 6.45) is 3.79. The Hall–Kier alpha value is -4.36. The molecular weight excluding hydrogens is 461 g/mol. The Morgan fingerprint density at radius 1 is 1.19 bits per heavy atom. The molecule has 10 heteroatoms. The van der Waals surface area contributed by atoms with Crippen LogP contribution in [0.15, 0.2) is 53.6 Å². The van der Waals surface area contributed by atoms with Gasteiger partial charge in [0, 0.05) is 44.8 Å². The van der Waals surface area contributed by atoms with Gasteiger partial charge in [-0.1, -0.05) is 0 Å². The smallest absolute Gasteiger partial charge is 0.269 e. The molecule has 182 valence electrons. The van der Waals surface area contributed by atoms with Crippen LogP contribution < -0.4 is 15.8 Å². The van der Waals surface area contributed by atoms with Crippen LogP contribution in [-0.2, 0) is 6.54 Å². The van der Waals surface area contributed by atoms with E-state index < -0.39 is 5.82 Å². The number of aromatic nitrogens is 3. The van der Waals surface area contributed by atoms with Crippen molar-refractivity contribution in [2.24, 2.45) is 0 Å². The second-order valence-corrected chi connectivity index (χ2v) is 8.81. The Labute approximate surface area is 206 Å². The number of nitrogens with zero attached hydrogens (tertiary/aromatic N) is 5. The van der Waals surface area contributed by atoms with Gasteiger partial charge < -0.3 is 15.2 Å². The summed E-state index contributed by atoms with van der Waals surface area (Å²) in [5.41, 5.74) is 3.02. The van der Waals surface area contributed by atoms with Crippen LogP contribution in [0, 0.1) is 17.1 Å². The number of rotatable bonds is 5. The van der Waals surface area contributed by atoms with Crippen LogP contribution in [-0.4, -0.2) is 58.5 Å². The van der Waals surface area contributed by atoms with Crippen molar-refractivity contribution < 1.29 is 9.18 Å². The Kier molecular flexibility index (Phi) is 6.31. The van der Waals surface area contributed by atoms with E-state index >= 15 is 0 Å². The fourth-order valence-corrected chi connectivity index (χ4v) is 4.76. The highest BCUT2D eigenvalue weighted by molar-refractivity contribution is 6.02. The summed E-state index contributed by atoms with van der Waals surface area (Å²) in [5, 5.41) is 12.9. The zero-order valence-corrected chi connectivity index (χ0v) is 19.7. The molecule has 0 bridgehead atoms. The van der Waals surface area contributed by atoms with Crippen molar-refractivity contribution in [3.8, 4) is 6.07 Å². The molecule has 0 saturated carbocycles. The molecule has 0 spiro atoms. The number of hydrogen-bond donors (Lipinski definition) is 2. The first kappa shape index (κ1) is 23.4. The normalized spacial score (nSPS) is 16.2. The number of pyridine rings is 3. The van der Waals surface area contributed by atoms with E-state index in [0.29, 0.717) is 48.2 Å². The van der Waals surface area contributed by atoms with Gasteiger partial charge in [0.05, 0.1) is 46.8 Å². The van der Waals surface area contributed by atoms with Crippen LogP contribution in [0.5, 0.6) is 0 Å². The second-order valence-electron chi connectivity index (χ2n) is 8.81. The number of hydrogen-bond acceptors (Lipinski definition) is 7. The van der Waals surface area contributed by atoms with E-state index in [1.54, 1.807) is 31.6 Å². The van der Waals surface area contributed by atoms with Crippen LogP contribution >= 0.6 is 0 Å². The van der Waals surface area contributed by atoms with Gasteiger partial charge in [0.25, 0.3) is 11.5 Å². The highest BCUT2D eigenvalue weighted by Crippen LogP contribution is 2.25. The van der Waals surface area contributed by atoms with E-state index in [9.17, 15) is 19.2 Å². The largest absolute Gasteiger partial charge is 0.364 e. The number of fused-ring (bicyclic) bond motifs is 3. The molecule has 36 heavy (non-hydrogen) atoms. The van der Waals surface area contributed by atoms with Crippen LogP contribution in [0.1, 0.15) is 22.5 Å². The number of piperazine rings is 1. The summed E-state index contributed by atoms with van der Waals surface area (Å²) >= 11 is 0. The number of amides is 1. The van der Waals surface area contributed by atoms with E-state index in [2.05, 4.69) is 36.1 Å². The topological polar surface area (TPSA) is 118 Å². The molecule has 1 saturated heterocycles. The van der Waals surface area contributed by atoms with Gasteiger partial charge in [-0.2, -0.15) is 5.26 Å². The van der Waals surface area contributed by atoms with Gasteiger partial charge in [-0.05, 0) is 42.0 Å². The molecule has 9 nitrogen and oxygen atoms in total. The van der Waals surface area contributed by atoms with Crippen molar-refractivity contribution in [1.29, 1.82) is 5.26 Å². The highest BCUT2D eigenvalue weighted by atomic mass is 19.1. The van der Waals surface area contributed by atoms with Gasteiger partial charge in [-0.15, -0.1) is 0 Å². The summed E-state index contributed by atoms with van der Waals surface area (Å²) < 4.78 is 13.6. The zero-order chi connectivity index (χ0) is 25.2. The average Bonchev–Trinajstić information content (AvgIpc) is 2.89. The van der Waals surface area contributed by atoms with Crippen molar-refractivity contribution in [3.05, 3.63) is 76.2 Å². The molecule has 0 aliphatic carbocycles. The van der Waals surface area contributed by atoms with Gasteiger partial charge in [0.15, 0.2) is 0 Å². The van der Waals surface area contributed by atoms with E-state index in [1.807, 2.05) is 12.1 Å². The third-order valence-corrected chi connectivity index (χ3v) is 6.51. The van der Waals surface area contributed by atoms with E-state index in [1.165, 1.54) is 12.1 Å². The van der Waals surface area contributed by atoms with Gasteiger partial charge in [0.1, 0.15) is 11.5 Å². The maximum atomic E-state index is 13.6. The lowest BCUT2D eigenvalue weighted by Crippen LogP contribution is -2.52. The maximum absolute atomic E-state index is 13.6. The van der Waals surface area contributed by atoms with Crippen LogP contribution in [0.3, 0.4) is 0 Å². The van der Waals surface area contributed by atoms with Crippen LogP contribution in [0.25, 0.3) is 21.8 Å². The zero-order valence-electron chi connectivity index (χ0n) is 19.7. The molecule has 1 aliphatic rings. The number of anilines is 1. The summed E-state index contributed by atoms with van der Waals surface area (Å²) in [7, 11) is 1.56. The minimum absolute atomic E-state index is 0.0385. The SMILES string of the molecule is CNC(=O)c1ccc(N2CCN(Cc3cnc4c(c3)[nH]c(=O)c3cc(F)ccc34)C[C@@H]2CC#N)cn1. The lowest BCUT2D eigenvalue weighted by Gasteiger charge is -2.42. The van der Waals surface area contributed by atoms with Gasteiger partial charge in [-0.3, -0.25) is 19.5 Å². The van der Waals surface area contributed by atoms with Gasteiger partial charge in [-0.25, -0.2) is 9.37 Å². The number of halogens is 1. The fourth-order valence-electron chi connectivity index (χ4n) is 4.76. The van der Waals surface area contributed by atoms with E-state index in [4.69, 9.17) is 0 Å². The second kappa shape index (κ2) is 9.71. The fraction of sp³-hybridized carbons (Fsp3) is 0.269. The standard InChI is InChI=1S/C26H24FN7O2/c1-29-26(36)22-5-3-18(13-30-22)34-9-8-33(15-19(34)6-7-28)14-16-10-23-24(31-12-16)20-4-2-17(27)11-21(20)25(35)32-23/h2-5,10-13,19H,6,8-9,14-15H2,1H3,(H,29,36)(H,32,35)/t19-/m0/s1. The minimum Gasteiger partial charge on any atom is -0.364 e. The first-order valence-corrected chi connectivity index (χ1v) is 11.6. The Morgan fingerprint density at radius 3 is 2.81 bits per heavy atom. The Morgan fingerprint density at radius 2 is 2.06 bits per heavy atom. The molecule has 4 aromatic rings. The molecule has 1 aliphatic heterocycles. The van der Waals surface area contributed by atoms with Crippen LogP contribution in [0.2, 0.25) is 0 Å². The molecule has 1 aromatic carbocycles. The van der Waals surface area contributed by atoms with Gasteiger partial charge >= 0.3 is 0 Å². The number of nitrogens with one attached hydrogen (secondary N) is 2. The van der Waals surface area contributed by atoms with Crippen molar-refractivity contribution in [2.45, 2.75) is 19.0 Å². The third-order valence-electron chi connectivity index (χ3n) is 6.51. The molecule has 1 fully saturated rings. The number of H-pyrrole nitrogens is 1. The lowest BCUT2D eigenvalue weighted by molar-refractivity contribution is 0.0958. The third kappa shape index (κ3) is 4.48. The predicted molar refractivity (Wildman–Crippen MR) is 134 cm³/mol. The molecule has 1 amide bonds. The van der Waals surface area contributed by atoms with Crippen molar-refractivity contribution in [3.63, 3.8) is 0 Å². The first-order chi connectivity index (χ1) is 17.5. The van der Waals surface area contributed by atoms with Crippen molar-refractivity contribution in [1.82, 2.24) is 25.2 Å². The number of nitriles is 1. The number of benzene rings is 1. The molecule has 4 heterocycles. The molecule has 0 unspecified atom stereocenters. The Balaban J connectivity index is 1.35. The van der Waals surface area contributed by atoms with Gasteiger partial charge in [0.2, 0.25) is 0 Å². The minimum atomic E-state index is -0.465. The number of aromatic amines is 1. The highest BCUT2D eigenvalue weighted by Gasteiger charge is 2.27. The van der Waals surface area contributed by atoms with Crippen LogP contribution in [0.4, 0.5) is 10.1 Å². The molecule has 3 aromatic heterocycles. The molecule has 5 rings (SSSR count). The van der Waals surface area contributed by atoms with Crippen molar-refractivity contribution in [2.75, 3.05) is 31.6 Å². The lowest BCUT2D eigenvalue weighted by atomic mass is 10.1. The average molecular weight is 486 g/mol. The molecule has 1 atom stereocenters. The predicted octanol–water partition coefficient (Wildman–Crippen LogP) is 2.57.